The zero-order valence-electron chi connectivity index (χ0n) is 16.9. The zero-order valence-corrected chi connectivity index (χ0v) is 17.7. The van der Waals surface area contributed by atoms with Gasteiger partial charge in [0, 0.05) is 29.5 Å². The predicted molar refractivity (Wildman–Crippen MR) is 122 cm³/mol. The van der Waals surface area contributed by atoms with Gasteiger partial charge in [0.15, 0.2) is 16.7 Å². The largest absolute Gasteiger partial charge is 0.485 e. The molecule has 0 fully saturated rings. The van der Waals surface area contributed by atoms with Gasteiger partial charge in [0.25, 0.3) is 5.91 Å². The van der Waals surface area contributed by atoms with E-state index in [1.807, 2.05) is 18.2 Å². The van der Waals surface area contributed by atoms with Crippen molar-refractivity contribution in [3.63, 3.8) is 0 Å². The molecule has 0 saturated heterocycles. The highest BCUT2D eigenvalue weighted by Gasteiger charge is 2.13. The molecule has 3 heterocycles. The SMILES string of the molecule is O=C(Cc1csc(NC(=O)c2ccccc2)n1)Nc1ncccc1OCc1ccncc1. The molecule has 9 heteroatoms. The highest BCUT2D eigenvalue weighted by Crippen LogP contribution is 2.23. The first-order valence-corrected chi connectivity index (χ1v) is 10.6. The van der Waals surface area contributed by atoms with Crippen LogP contribution in [0.1, 0.15) is 21.6 Å². The van der Waals surface area contributed by atoms with Crippen LogP contribution in [-0.2, 0) is 17.8 Å². The van der Waals surface area contributed by atoms with Crippen LogP contribution in [0.25, 0.3) is 0 Å². The summed E-state index contributed by atoms with van der Waals surface area (Å²) in [4.78, 5) is 37.3. The Hall–Kier alpha value is -4.11. The van der Waals surface area contributed by atoms with E-state index in [-0.39, 0.29) is 18.2 Å². The van der Waals surface area contributed by atoms with Crippen molar-refractivity contribution in [3.05, 3.63) is 95.4 Å². The van der Waals surface area contributed by atoms with E-state index in [2.05, 4.69) is 25.6 Å². The van der Waals surface area contributed by atoms with E-state index in [4.69, 9.17) is 4.74 Å². The van der Waals surface area contributed by atoms with E-state index in [9.17, 15) is 9.59 Å². The molecule has 0 saturated carbocycles. The van der Waals surface area contributed by atoms with E-state index < -0.39 is 0 Å². The molecule has 3 aromatic heterocycles. The molecule has 0 bridgehead atoms. The van der Waals surface area contributed by atoms with Gasteiger partial charge in [0.05, 0.1) is 12.1 Å². The first-order valence-electron chi connectivity index (χ1n) is 9.75. The lowest BCUT2D eigenvalue weighted by molar-refractivity contribution is -0.115. The third kappa shape index (κ3) is 5.73. The topological polar surface area (TPSA) is 106 Å². The molecule has 0 aliphatic rings. The molecule has 1 aromatic carbocycles. The lowest BCUT2D eigenvalue weighted by Crippen LogP contribution is -2.16. The minimum Gasteiger partial charge on any atom is -0.485 e. The Balaban J connectivity index is 1.34. The summed E-state index contributed by atoms with van der Waals surface area (Å²) in [6.45, 7) is 0.327. The summed E-state index contributed by atoms with van der Waals surface area (Å²) in [5.74, 6) is 0.260. The van der Waals surface area contributed by atoms with Crippen LogP contribution < -0.4 is 15.4 Å². The Morgan fingerprint density at radius 3 is 2.56 bits per heavy atom. The number of anilines is 2. The van der Waals surface area contributed by atoms with Crippen LogP contribution in [0.3, 0.4) is 0 Å². The van der Waals surface area contributed by atoms with Crippen LogP contribution in [0.5, 0.6) is 5.75 Å². The van der Waals surface area contributed by atoms with Gasteiger partial charge in [0.1, 0.15) is 6.61 Å². The molecule has 2 N–H and O–H groups in total. The van der Waals surface area contributed by atoms with Crippen LogP contribution in [0, 0.1) is 0 Å². The average molecular weight is 446 g/mol. The van der Waals surface area contributed by atoms with Gasteiger partial charge in [-0.25, -0.2) is 9.97 Å². The summed E-state index contributed by atoms with van der Waals surface area (Å²) < 4.78 is 5.80. The zero-order chi connectivity index (χ0) is 22.2. The Morgan fingerprint density at radius 1 is 0.938 bits per heavy atom. The summed E-state index contributed by atoms with van der Waals surface area (Å²) in [7, 11) is 0. The second-order valence-corrected chi connectivity index (χ2v) is 7.54. The number of amides is 2. The maximum absolute atomic E-state index is 12.5. The predicted octanol–water partition coefficient (Wildman–Crippen LogP) is 3.95. The lowest BCUT2D eigenvalue weighted by atomic mass is 10.2. The molecule has 0 aliphatic carbocycles. The number of ether oxygens (including phenoxy) is 1. The van der Waals surface area contributed by atoms with Gasteiger partial charge in [-0.1, -0.05) is 18.2 Å². The van der Waals surface area contributed by atoms with Crippen molar-refractivity contribution in [3.8, 4) is 5.75 Å². The quantitative estimate of drug-likeness (QED) is 0.425. The summed E-state index contributed by atoms with van der Waals surface area (Å²) >= 11 is 1.26. The average Bonchev–Trinajstić information content (AvgIpc) is 3.26. The fraction of sp³-hybridized carbons (Fsp3) is 0.0870. The number of hydrogen-bond acceptors (Lipinski definition) is 7. The summed E-state index contributed by atoms with van der Waals surface area (Å²) in [6, 6.07) is 16.0. The standard InChI is InChI=1S/C23H19N5O3S/c29-20(13-18-15-32-23(26-18)28-22(30)17-5-2-1-3-6-17)27-21-19(7-4-10-25-21)31-14-16-8-11-24-12-9-16/h1-12,15H,13-14H2,(H,25,27,29)(H,26,28,30). The van der Waals surface area contributed by atoms with Crippen molar-refractivity contribution in [2.24, 2.45) is 0 Å². The van der Waals surface area contributed by atoms with E-state index >= 15 is 0 Å². The van der Waals surface area contributed by atoms with Crippen LogP contribution in [-0.4, -0.2) is 26.8 Å². The Labute approximate surface area is 188 Å². The monoisotopic (exact) mass is 445 g/mol. The molecule has 0 aliphatic heterocycles. The molecule has 4 rings (SSSR count). The van der Waals surface area contributed by atoms with Crippen molar-refractivity contribution in [2.75, 3.05) is 10.6 Å². The van der Waals surface area contributed by atoms with Crippen molar-refractivity contribution in [1.82, 2.24) is 15.0 Å². The van der Waals surface area contributed by atoms with Crippen molar-refractivity contribution < 1.29 is 14.3 Å². The van der Waals surface area contributed by atoms with Crippen LogP contribution in [0.2, 0.25) is 0 Å². The van der Waals surface area contributed by atoms with Gasteiger partial charge in [-0.2, -0.15) is 0 Å². The number of thiazole rings is 1. The normalized spacial score (nSPS) is 10.4. The number of hydrogen-bond donors (Lipinski definition) is 2. The number of carbonyl (C=O) groups excluding carboxylic acids is 2. The second-order valence-electron chi connectivity index (χ2n) is 6.68. The van der Waals surface area contributed by atoms with Crippen LogP contribution in [0.4, 0.5) is 10.9 Å². The first kappa shape index (κ1) is 21.1. The highest BCUT2D eigenvalue weighted by molar-refractivity contribution is 7.14. The van der Waals surface area contributed by atoms with Crippen LogP contribution in [0.15, 0.2) is 78.6 Å². The third-order valence-electron chi connectivity index (χ3n) is 4.32. The number of carbonyl (C=O) groups is 2. The fourth-order valence-corrected chi connectivity index (χ4v) is 3.49. The number of nitrogens with zero attached hydrogens (tertiary/aromatic N) is 3. The molecule has 2 amide bonds. The van der Waals surface area contributed by atoms with Crippen LogP contribution >= 0.6 is 11.3 Å². The fourth-order valence-electron chi connectivity index (χ4n) is 2.79. The molecular formula is C23H19N5O3S. The van der Waals surface area contributed by atoms with Gasteiger partial charge in [-0.05, 0) is 42.0 Å². The molecule has 160 valence electrons. The van der Waals surface area contributed by atoms with Crippen molar-refractivity contribution in [1.29, 1.82) is 0 Å². The highest BCUT2D eigenvalue weighted by atomic mass is 32.1. The molecule has 0 unspecified atom stereocenters. The number of nitrogens with one attached hydrogen (secondary N) is 2. The molecule has 0 radical (unpaired) electrons. The van der Waals surface area contributed by atoms with E-state index in [0.717, 1.165) is 5.56 Å². The smallest absolute Gasteiger partial charge is 0.257 e. The maximum atomic E-state index is 12.5. The molecular weight excluding hydrogens is 426 g/mol. The summed E-state index contributed by atoms with van der Waals surface area (Å²) in [5, 5.41) is 7.67. The minimum absolute atomic E-state index is 0.0398. The number of benzene rings is 1. The Bertz CT molecular complexity index is 1200. The number of rotatable bonds is 8. The van der Waals surface area contributed by atoms with Gasteiger partial charge < -0.3 is 10.1 Å². The van der Waals surface area contributed by atoms with Gasteiger partial charge in [0.2, 0.25) is 5.91 Å². The minimum atomic E-state index is -0.288. The number of pyridine rings is 2. The molecule has 0 spiro atoms. The first-order chi connectivity index (χ1) is 15.7. The van der Waals surface area contributed by atoms with Gasteiger partial charge in [-0.15, -0.1) is 11.3 Å². The van der Waals surface area contributed by atoms with E-state index in [0.29, 0.717) is 34.6 Å². The summed E-state index contributed by atoms with van der Waals surface area (Å²) in [6.07, 6.45) is 5.00. The summed E-state index contributed by atoms with van der Waals surface area (Å²) in [5.41, 5.74) is 2.04. The molecule has 4 aromatic rings. The van der Waals surface area contributed by atoms with Gasteiger partial charge in [-0.3, -0.25) is 19.9 Å². The molecule has 0 atom stereocenters. The Morgan fingerprint density at radius 2 is 1.75 bits per heavy atom. The number of aromatic nitrogens is 3. The van der Waals surface area contributed by atoms with E-state index in [1.54, 1.807) is 60.4 Å². The second kappa shape index (κ2) is 10.3. The maximum Gasteiger partial charge on any atom is 0.257 e. The molecule has 8 nitrogen and oxygen atoms in total. The molecule has 32 heavy (non-hydrogen) atoms. The lowest BCUT2D eigenvalue weighted by Gasteiger charge is -2.11. The van der Waals surface area contributed by atoms with Gasteiger partial charge >= 0.3 is 0 Å². The third-order valence-corrected chi connectivity index (χ3v) is 5.13. The van der Waals surface area contributed by atoms with Crippen molar-refractivity contribution in [2.45, 2.75) is 13.0 Å². The Kier molecular flexibility index (Phi) is 6.78. The van der Waals surface area contributed by atoms with E-state index in [1.165, 1.54) is 11.3 Å². The van der Waals surface area contributed by atoms with Crippen molar-refractivity contribution >= 4 is 34.1 Å².